The van der Waals surface area contributed by atoms with E-state index in [0.717, 1.165) is 18.4 Å². The first-order valence-corrected chi connectivity index (χ1v) is 8.30. The van der Waals surface area contributed by atoms with Gasteiger partial charge < -0.3 is 19.2 Å². The van der Waals surface area contributed by atoms with Crippen LogP contribution >= 0.6 is 0 Å². The van der Waals surface area contributed by atoms with Crippen molar-refractivity contribution in [2.45, 2.75) is 45.3 Å². The minimum Gasteiger partial charge on any atom is -0.399 e. The highest BCUT2D eigenvalue weighted by Gasteiger charge is 2.51. The first kappa shape index (κ1) is 16.6. The van der Waals surface area contributed by atoms with Gasteiger partial charge in [-0.25, -0.2) is 0 Å². The van der Waals surface area contributed by atoms with Crippen molar-refractivity contribution in [3.63, 3.8) is 0 Å². The molecule has 124 valence electrons. The maximum absolute atomic E-state index is 6.17. The molecular formula is C18H27BN2O2. The van der Waals surface area contributed by atoms with E-state index in [-0.39, 0.29) is 18.3 Å². The number of hydrogen-bond acceptors (Lipinski definition) is 3. The van der Waals surface area contributed by atoms with Gasteiger partial charge in [0.25, 0.3) is 0 Å². The molecule has 1 N–H and O–H groups in total. The van der Waals surface area contributed by atoms with Gasteiger partial charge in [0.05, 0.1) is 11.2 Å². The molecular weight excluding hydrogens is 287 g/mol. The summed E-state index contributed by atoms with van der Waals surface area (Å²) in [4.78, 5) is 5.57. The van der Waals surface area contributed by atoms with Gasteiger partial charge in [-0.1, -0.05) is 12.1 Å². The van der Waals surface area contributed by atoms with Crippen LogP contribution in [-0.4, -0.2) is 48.8 Å². The van der Waals surface area contributed by atoms with Crippen molar-refractivity contribution in [1.29, 1.82) is 0 Å². The minimum atomic E-state index is -0.307. The number of hydrogen-bond donors (Lipinski definition) is 1. The number of nitrogens with one attached hydrogen (secondary N) is 1. The summed E-state index contributed by atoms with van der Waals surface area (Å²) in [5.74, 6) is 0. The summed E-state index contributed by atoms with van der Waals surface area (Å²) in [6.45, 7) is 9.39. The van der Waals surface area contributed by atoms with Crippen LogP contribution in [0.25, 0.3) is 10.9 Å². The van der Waals surface area contributed by atoms with Crippen LogP contribution in [0.3, 0.4) is 0 Å². The van der Waals surface area contributed by atoms with E-state index in [2.05, 4.69) is 76.1 Å². The number of H-pyrrole nitrogens is 1. The summed E-state index contributed by atoms with van der Waals surface area (Å²) in [6, 6.07) is 6.42. The van der Waals surface area contributed by atoms with Crippen LogP contribution in [0.5, 0.6) is 0 Å². The molecule has 2 aromatic rings. The lowest BCUT2D eigenvalue weighted by molar-refractivity contribution is 0.00578. The highest BCUT2D eigenvalue weighted by Crippen LogP contribution is 2.36. The number of nitrogens with zero attached hydrogens (tertiary/aromatic N) is 1. The zero-order valence-corrected chi connectivity index (χ0v) is 15.1. The second-order valence-electron chi connectivity index (χ2n) is 7.76. The van der Waals surface area contributed by atoms with Gasteiger partial charge in [-0.15, -0.1) is 0 Å². The second-order valence-corrected chi connectivity index (χ2v) is 7.76. The molecule has 3 rings (SSSR count). The Kier molecular flexibility index (Phi) is 4.07. The Morgan fingerprint density at radius 3 is 2.35 bits per heavy atom. The lowest BCUT2D eigenvalue weighted by atomic mass is 9.78. The summed E-state index contributed by atoms with van der Waals surface area (Å²) in [5.41, 5.74) is 2.98. The zero-order valence-electron chi connectivity index (χ0n) is 15.1. The Morgan fingerprint density at radius 2 is 1.74 bits per heavy atom. The smallest absolute Gasteiger partial charge is 0.399 e. The van der Waals surface area contributed by atoms with Gasteiger partial charge in [-0.3, -0.25) is 0 Å². The summed E-state index contributed by atoms with van der Waals surface area (Å²) < 4.78 is 12.3. The molecule has 1 aromatic carbocycles. The molecule has 0 saturated carbocycles. The molecule has 2 heterocycles. The van der Waals surface area contributed by atoms with Crippen LogP contribution in [0.15, 0.2) is 24.4 Å². The van der Waals surface area contributed by atoms with Gasteiger partial charge in [0.1, 0.15) is 0 Å². The SMILES string of the molecule is CN(C)CCc1c[nH]c2ccc(B3OC(C)(C)C(C)(C)O3)cc12. The number of fused-ring (bicyclic) bond motifs is 1. The van der Waals surface area contributed by atoms with Crippen LogP contribution in [-0.2, 0) is 15.7 Å². The molecule has 0 spiro atoms. The lowest BCUT2D eigenvalue weighted by Crippen LogP contribution is -2.41. The van der Waals surface area contributed by atoms with E-state index in [0.29, 0.717) is 0 Å². The van der Waals surface area contributed by atoms with Crippen LogP contribution < -0.4 is 5.46 Å². The van der Waals surface area contributed by atoms with E-state index < -0.39 is 0 Å². The van der Waals surface area contributed by atoms with Crippen molar-refractivity contribution in [2.24, 2.45) is 0 Å². The molecule has 0 bridgehead atoms. The average molecular weight is 314 g/mol. The molecule has 0 aliphatic carbocycles. The van der Waals surface area contributed by atoms with Crippen molar-refractivity contribution in [2.75, 3.05) is 20.6 Å². The zero-order chi connectivity index (χ0) is 16.8. The topological polar surface area (TPSA) is 37.5 Å². The van der Waals surface area contributed by atoms with E-state index in [9.17, 15) is 0 Å². The molecule has 1 saturated heterocycles. The summed E-state index contributed by atoms with van der Waals surface area (Å²) in [7, 11) is 3.90. The molecule has 0 unspecified atom stereocenters. The van der Waals surface area contributed by atoms with Gasteiger partial charge in [0, 0.05) is 23.6 Å². The molecule has 0 radical (unpaired) electrons. The van der Waals surface area contributed by atoms with Gasteiger partial charge in [-0.05, 0) is 65.3 Å². The Morgan fingerprint density at radius 1 is 1.09 bits per heavy atom. The Labute approximate surface area is 139 Å². The van der Waals surface area contributed by atoms with Crippen molar-refractivity contribution in [3.8, 4) is 0 Å². The molecule has 0 amide bonds. The molecule has 1 aliphatic rings. The number of rotatable bonds is 4. The lowest BCUT2D eigenvalue weighted by Gasteiger charge is -2.32. The maximum atomic E-state index is 6.17. The van der Waals surface area contributed by atoms with Gasteiger partial charge in [0.2, 0.25) is 0 Å². The number of benzene rings is 1. The fraction of sp³-hybridized carbons (Fsp3) is 0.556. The summed E-state index contributed by atoms with van der Waals surface area (Å²) in [5, 5.41) is 1.26. The first-order chi connectivity index (χ1) is 10.7. The first-order valence-electron chi connectivity index (χ1n) is 8.30. The van der Waals surface area contributed by atoms with Crippen LogP contribution in [0.2, 0.25) is 0 Å². The average Bonchev–Trinajstić information content (AvgIpc) is 2.94. The number of likely N-dealkylation sites (N-methyl/N-ethyl adjacent to an activating group) is 1. The molecule has 4 nitrogen and oxygen atoms in total. The van der Waals surface area contributed by atoms with E-state index in [1.54, 1.807) is 0 Å². The van der Waals surface area contributed by atoms with Crippen molar-refractivity contribution >= 4 is 23.5 Å². The molecule has 1 aromatic heterocycles. The maximum Gasteiger partial charge on any atom is 0.494 e. The normalized spacial score (nSPS) is 19.9. The second kappa shape index (κ2) is 5.65. The molecule has 1 fully saturated rings. The fourth-order valence-electron chi connectivity index (χ4n) is 2.87. The number of aromatic nitrogens is 1. The minimum absolute atomic E-state index is 0.305. The van der Waals surface area contributed by atoms with Crippen LogP contribution in [0, 0.1) is 0 Å². The van der Waals surface area contributed by atoms with E-state index in [1.807, 2.05) is 0 Å². The number of aromatic amines is 1. The highest BCUT2D eigenvalue weighted by molar-refractivity contribution is 6.62. The van der Waals surface area contributed by atoms with E-state index >= 15 is 0 Å². The largest absolute Gasteiger partial charge is 0.494 e. The summed E-state index contributed by atoms with van der Waals surface area (Å²) >= 11 is 0. The molecule has 5 heteroatoms. The fourth-order valence-corrected chi connectivity index (χ4v) is 2.87. The quantitative estimate of drug-likeness (QED) is 0.882. The molecule has 0 atom stereocenters. The standard InChI is InChI=1S/C18H27BN2O2/c1-17(2)18(3,4)23-19(22-17)14-7-8-16-15(11-14)13(12-20-16)9-10-21(5)6/h7-8,11-12,20H,9-10H2,1-6H3. The molecule has 23 heavy (non-hydrogen) atoms. The molecule has 1 aliphatic heterocycles. The Balaban J connectivity index is 1.90. The van der Waals surface area contributed by atoms with E-state index in [4.69, 9.17) is 9.31 Å². The monoisotopic (exact) mass is 314 g/mol. The third kappa shape index (κ3) is 3.05. The summed E-state index contributed by atoms with van der Waals surface area (Å²) in [6.07, 6.45) is 3.14. The van der Waals surface area contributed by atoms with Gasteiger partial charge >= 0.3 is 7.12 Å². The highest BCUT2D eigenvalue weighted by atomic mass is 16.7. The predicted octanol–water partition coefficient (Wildman–Crippen LogP) is 2.57. The third-order valence-corrected chi connectivity index (χ3v) is 5.15. The van der Waals surface area contributed by atoms with Gasteiger partial charge in [0.15, 0.2) is 0 Å². The van der Waals surface area contributed by atoms with Crippen LogP contribution in [0.1, 0.15) is 33.3 Å². The Hall–Kier alpha value is -1.30. The predicted molar refractivity (Wildman–Crippen MR) is 96.3 cm³/mol. The van der Waals surface area contributed by atoms with Crippen molar-refractivity contribution < 1.29 is 9.31 Å². The van der Waals surface area contributed by atoms with Crippen LogP contribution in [0.4, 0.5) is 0 Å². The van der Waals surface area contributed by atoms with Crippen molar-refractivity contribution in [1.82, 2.24) is 9.88 Å². The van der Waals surface area contributed by atoms with E-state index in [1.165, 1.54) is 16.5 Å². The third-order valence-electron chi connectivity index (χ3n) is 5.15. The van der Waals surface area contributed by atoms with Crippen molar-refractivity contribution in [3.05, 3.63) is 30.0 Å². The van der Waals surface area contributed by atoms with Gasteiger partial charge in [-0.2, -0.15) is 0 Å². The Bertz CT molecular complexity index is 690.